The lowest BCUT2D eigenvalue weighted by molar-refractivity contribution is -0.307. The summed E-state index contributed by atoms with van der Waals surface area (Å²) in [5.74, 6) is -1.98. The summed E-state index contributed by atoms with van der Waals surface area (Å²) in [4.78, 5) is 29.2. The molecule has 1 aromatic carbocycles. The Balaban J connectivity index is 1.65. The highest BCUT2D eigenvalue weighted by molar-refractivity contribution is 5.84. The first-order chi connectivity index (χ1) is 30.8. The Labute approximate surface area is 388 Å². The van der Waals surface area contributed by atoms with Crippen molar-refractivity contribution < 1.29 is 77.4 Å². The van der Waals surface area contributed by atoms with E-state index in [-0.39, 0.29) is 55.8 Å². The molecule has 0 bridgehead atoms. The lowest BCUT2D eigenvalue weighted by atomic mass is 9.79. The molecule has 2 unspecified atom stereocenters. The number of nitrogens with zero attached hydrogens (tertiary/aromatic N) is 1. The van der Waals surface area contributed by atoms with Crippen LogP contribution >= 0.6 is 0 Å². The molecule has 0 aliphatic carbocycles. The van der Waals surface area contributed by atoms with Gasteiger partial charge in [0, 0.05) is 61.4 Å². The first-order valence-corrected chi connectivity index (χ1v) is 22.9. The average molecular weight is 938 g/mol. The highest BCUT2D eigenvalue weighted by Gasteiger charge is 2.51. The van der Waals surface area contributed by atoms with Crippen molar-refractivity contribution in [3.63, 3.8) is 0 Å². The summed E-state index contributed by atoms with van der Waals surface area (Å²) in [5.41, 5.74) is -4.59. The Morgan fingerprint density at radius 2 is 1.52 bits per heavy atom. The van der Waals surface area contributed by atoms with Gasteiger partial charge in [-0.2, -0.15) is 0 Å². The van der Waals surface area contributed by atoms with Crippen LogP contribution in [0.4, 0.5) is 0 Å². The van der Waals surface area contributed by atoms with Gasteiger partial charge >= 0.3 is 11.6 Å². The van der Waals surface area contributed by atoms with Crippen molar-refractivity contribution in [3.8, 4) is 11.5 Å². The maximum Gasteiger partial charge on any atom is 0.336 e. The van der Waals surface area contributed by atoms with Crippen molar-refractivity contribution >= 4 is 16.9 Å². The van der Waals surface area contributed by atoms with Crippen molar-refractivity contribution in [2.24, 2.45) is 11.8 Å². The molecule has 18 nitrogen and oxygen atoms in total. The minimum atomic E-state index is -2.05. The molecule has 3 aliphatic rings. The fourth-order valence-electron chi connectivity index (χ4n) is 9.72. The normalized spacial score (nSPS) is 38.8. The molecule has 66 heavy (non-hydrogen) atoms. The number of hydrogen-bond acceptors (Lipinski definition) is 18. The number of rotatable bonds is 12. The number of likely N-dealkylation sites (N-methyl/N-ethyl adjacent to an activating group) is 1. The molecule has 3 aliphatic heterocycles. The second-order valence-electron chi connectivity index (χ2n) is 19.4. The fourth-order valence-corrected chi connectivity index (χ4v) is 9.72. The molecule has 0 radical (unpaired) electrons. The largest absolute Gasteiger partial charge is 0.493 e. The third kappa shape index (κ3) is 11.5. The van der Waals surface area contributed by atoms with E-state index in [1.807, 2.05) is 25.9 Å². The molecule has 5 rings (SSSR count). The number of aliphatic hydroxyl groups is 5. The Morgan fingerprint density at radius 1 is 0.864 bits per heavy atom. The summed E-state index contributed by atoms with van der Waals surface area (Å²) in [7, 11) is 8.11. The van der Waals surface area contributed by atoms with E-state index in [0.717, 1.165) is 0 Å². The lowest BCUT2D eigenvalue weighted by Crippen LogP contribution is -2.58. The highest BCUT2D eigenvalue weighted by atomic mass is 16.7. The van der Waals surface area contributed by atoms with Gasteiger partial charge in [0.25, 0.3) is 0 Å². The minimum absolute atomic E-state index is 0.0690. The van der Waals surface area contributed by atoms with Crippen LogP contribution in [0.2, 0.25) is 0 Å². The van der Waals surface area contributed by atoms with Gasteiger partial charge in [-0.3, -0.25) is 4.79 Å². The smallest absolute Gasteiger partial charge is 0.336 e. The molecular weight excluding hydrogens is 863 g/mol. The van der Waals surface area contributed by atoms with Crippen LogP contribution in [0.15, 0.2) is 38.7 Å². The van der Waals surface area contributed by atoms with Gasteiger partial charge in [0.1, 0.15) is 41.9 Å². The number of cyclic esters (lactones) is 1. The molecule has 0 saturated carbocycles. The molecule has 16 atom stereocenters. The first kappa shape index (κ1) is 53.6. The molecule has 374 valence electrons. The number of aliphatic hydroxyl groups excluding tert-OH is 3. The van der Waals surface area contributed by atoms with Crippen LogP contribution in [0.3, 0.4) is 0 Å². The predicted molar refractivity (Wildman–Crippen MR) is 241 cm³/mol. The third-order valence-electron chi connectivity index (χ3n) is 14.0. The summed E-state index contributed by atoms with van der Waals surface area (Å²) in [6, 6.07) is 4.10. The van der Waals surface area contributed by atoms with E-state index in [1.54, 1.807) is 54.5 Å². The van der Waals surface area contributed by atoms with Crippen molar-refractivity contribution in [2.45, 2.75) is 185 Å². The van der Waals surface area contributed by atoms with Gasteiger partial charge in [-0.05, 0) is 87.0 Å². The second-order valence-corrected chi connectivity index (χ2v) is 19.4. The molecule has 18 heteroatoms. The van der Waals surface area contributed by atoms with Gasteiger partial charge in [-0.15, -0.1) is 0 Å². The Bertz CT molecular complexity index is 2050. The van der Waals surface area contributed by atoms with Crippen LogP contribution < -0.4 is 15.1 Å². The monoisotopic (exact) mass is 938 g/mol. The van der Waals surface area contributed by atoms with Crippen molar-refractivity contribution in [1.29, 1.82) is 0 Å². The molecule has 2 aromatic rings. The number of ether oxygens (including phenoxy) is 9. The van der Waals surface area contributed by atoms with Crippen molar-refractivity contribution in [1.82, 2.24) is 4.90 Å². The van der Waals surface area contributed by atoms with E-state index in [4.69, 9.17) is 47.0 Å². The first-order valence-electron chi connectivity index (χ1n) is 22.9. The topological polar surface area (TPSA) is 235 Å². The van der Waals surface area contributed by atoms with E-state index < -0.39 is 95.5 Å². The van der Waals surface area contributed by atoms with E-state index >= 15 is 0 Å². The van der Waals surface area contributed by atoms with Crippen LogP contribution in [-0.4, -0.2) is 156 Å². The van der Waals surface area contributed by atoms with Crippen molar-refractivity contribution in [3.05, 3.63) is 45.5 Å². The maximum atomic E-state index is 14.4. The summed E-state index contributed by atoms with van der Waals surface area (Å²) in [6.45, 7) is 14.6. The molecule has 0 amide bonds. The van der Waals surface area contributed by atoms with Gasteiger partial charge in [-0.25, -0.2) is 4.79 Å². The molecule has 0 spiro atoms. The fraction of sp³-hybridized carbons (Fsp3) is 0.750. The number of methoxy groups -OCH3 is 3. The van der Waals surface area contributed by atoms with E-state index in [1.165, 1.54) is 40.4 Å². The molecular formula is C48H75NO17. The number of esters is 1. The Hall–Kier alpha value is -3.40. The van der Waals surface area contributed by atoms with Crippen LogP contribution in [0.25, 0.3) is 11.0 Å². The van der Waals surface area contributed by atoms with Crippen LogP contribution in [-0.2, 0) is 44.6 Å². The Kier molecular flexibility index (Phi) is 17.4. The second kappa shape index (κ2) is 21.5. The van der Waals surface area contributed by atoms with Gasteiger partial charge in [0.05, 0.1) is 61.9 Å². The van der Waals surface area contributed by atoms with Crippen LogP contribution in [0, 0.1) is 11.8 Å². The summed E-state index contributed by atoms with van der Waals surface area (Å²) < 4.78 is 60.6. The SMILES string of the molecule is CC[C@H]1OC(=O)[C@H](C)[C@@H](OC2C[C@@](C)(OC)[C@@H](O)[C@H](C)O2)C[C@@H](OC2O[C@H](C)C[C@H](N(C)C)[C@H]2O)[C@](C)(O)CC(C)=C(OCc2cc(=O)oc3cc(OC)c(OC)cc23)[C@H](C)[C@@H](O)[C@]1(C)O. The molecule has 4 heterocycles. The van der Waals surface area contributed by atoms with Crippen LogP contribution in [0.1, 0.15) is 100.0 Å². The van der Waals surface area contributed by atoms with Gasteiger partial charge in [-0.1, -0.05) is 13.8 Å². The number of carbonyl (C=O) groups is 1. The summed E-state index contributed by atoms with van der Waals surface area (Å²) in [5, 5.41) is 60.4. The molecule has 5 N–H and O–H groups in total. The minimum Gasteiger partial charge on any atom is -0.493 e. The Morgan fingerprint density at radius 3 is 2.12 bits per heavy atom. The maximum absolute atomic E-state index is 14.4. The van der Waals surface area contributed by atoms with Gasteiger partial charge < -0.3 is 77.5 Å². The van der Waals surface area contributed by atoms with E-state index in [0.29, 0.717) is 34.4 Å². The highest BCUT2D eigenvalue weighted by Crippen LogP contribution is 2.41. The zero-order valence-electron chi connectivity index (χ0n) is 41.1. The number of fused-ring (bicyclic) bond motifs is 1. The zero-order chi connectivity index (χ0) is 49.2. The van der Waals surface area contributed by atoms with Gasteiger partial charge in [0.15, 0.2) is 24.1 Å². The lowest BCUT2D eigenvalue weighted by Gasteiger charge is -2.47. The van der Waals surface area contributed by atoms with Crippen molar-refractivity contribution in [2.75, 3.05) is 35.4 Å². The van der Waals surface area contributed by atoms with Gasteiger partial charge in [0.2, 0.25) is 0 Å². The molecule has 1 aromatic heterocycles. The quantitative estimate of drug-likeness (QED) is 0.150. The zero-order valence-corrected chi connectivity index (χ0v) is 41.1. The van der Waals surface area contributed by atoms with Crippen LogP contribution in [0.5, 0.6) is 11.5 Å². The third-order valence-corrected chi connectivity index (χ3v) is 14.0. The number of benzene rings is 1. The predicted octanol–water partition coefficient (Wildman–Crippen LogP) is 3.95. The van der Waals surface area contributed by atoms with E-state index in [9.17, 15) is 35.1 Å². The summed E-state index contributed by atoms with van der Waals surface area (Å²) in [6.07, 6.45) is -10.3. The average Bonchev–Trinajstić information content (AvgIpc) is 3.25. The number of hydrogen-bond donors (Lipinski definition) is 5. The molecule has 2 fully saturated rings. The standard InChI is InChI=1S/C48H75NO17/c1-15-36-48(9,56)42(52)27(5)41(60-23-29-17-38(50)63-33-19-35(58-13)34(57-12)18-30(29)33)24(2)21-46(7,55)37(66-45-40(51)31(49(10)11)16-25(3)61-45)20-32(26(4)44(54)65-36)64-39-22-47(8,59-14)43(53)28(6)62-39/h17-19,25-28,31-32,36-37,39-40,42-43,45,51-53,55-56H,15-16,20-23H2,1-14H3/t25-,26-,27+,28+,31+,32+,36-,37-,39?,40-,42-,43+,45?,46-,47-,48-/m1/s1. The number of carbonyl (C=O) groups excluding carboxylic acids is 1. The summed E-state index contributed by atoms with van der Waals surface area (Å²) >= 11 is 0. The molecule has 2 saturated heterocycles. The van der Waals surface area contributed by atoms with E-state index in [2.05, 4.69) is 0 Å².